The molecule has 4 nitrogen and oxygen atoms in total. The van der Waals surface area contributed by atoms with Crippen molar-refractivity contribution in [1.82, 2.24) is 0 Å². The number of terminal acetylenes is 1. The molecule has 1 aliphatic heterocycles. The second kappa shape index (κ2) is 9.48. The van der Waals surface area contributed by atoms with Crippen molar-refractivity contribution in [2.45, 2.75) is 106 Å². The van der Waals surface area contributed by atoms with E-state index < -0.39 is 5.54 Å². The summed E-state index contributed by atoms with van der Waals surface area (Å²) in [5.41, 5.74) is 10.1. The summed E-state index contributed by atoms with van der Waals surface area (Å²) in [4.78, 5) is 11.0. The molecule has 0 amide bonds. The van der Waals surface area contributed by atoms with Gasteiger partial charge in [-0.15, -0.1) is 12.3 Å². The number of fused-ring (bicyclic) bond motifs is 1. The van der Waals surface area contributed by atoms with E-state index in [-0.39, 0.29) is 16.9 Å². The van der Waals surface area contributed by atoms with Crippen LogP contribution < -0.4 is 15.2 Å². The Kier molecular flexibility index (Phi) is 7.78. The highest BCUT2D eigenvalue weighted by Crippen LogP contribution is 2.49. The molecule has 0 bridgehead atoms. The predicted molar refractivity (Wildman–Crippen MR) is 132 cm³/mol. The molecule has 0 saturated heterocycles. The standard InChI is InChI=1S/C28H43NO3/c1-11-22(28(10,29)18(3)4)15-26(8,12-2)16-27(9)14-13-23-21(7)24(31-17-30)19(5)20(6)25(23)32-27/h1,17-18,22H,12-16,29H2,2-10H3. The first-order chi connectivity index (χ1) is 14.7. The number of hydrogen-bond donors (Lipinski definition) is 1. The SMILES string of the molecule is C#CC(CC(C)(CC)CC1(C)CCc2c(C)c(OC=O)c(C)c(C)c2O1)C(C)(N)C(C)C. The van der Waals surface area contributed by atoms with Crippen molar-refractivity contribution in [3.63, 3.8) is 0 Å². The molecular formula is C28H43NO3. The van der Waals surface area contributed by atoms with E-state index in [4.69, 9.17) is 21.6 Å². The number of ether oxygens (including phenoxy) is 2. The number of rotatable bonds is 9. The van der Waals surface area contributed by atoms with E-state index >= 15 is 0 Å². The van der Waals surface area contributed by atoms with Gasteiger partial charge in [0, 0.05) is 17.0 Å². The third-order valence-corrected chi connectivity index (χ3v) is 8.28. The molecule has 1 aliphatic rings. The van der Waals surface area contributed by atoms with Gasteiger partial charge in [0.1, 0.15) is 17.1 Å². The highest BCUT2D eigenvalue weighted by atomic mass is 16.5. The molecule has 2 N–H and O–H groups in total. The molecule has 1 aromatic rings. The molecule has 0 saturated carbocycles. The zero-order chi connectivity index (χ0) is 24.5. The van der Waals surface area contributed by atoms with Gasteiger partial charge in [-0.25, -0.2) is 0 Å². The second-order valence-electron chi connectivity index (χ2n) is 11.1. The minimum Gasteiger partial charge on any atom is -0.487 e. The third-order valence-electron chi connectivity index (χ3n) is 8.28. The number of hydrogen-bond acceptors (Lipinski definition) is 4. The van der Waals surface area contributed by atoms with Crippen LogP contribution in [0, 0.1) is 50.4 Å². The van der Waals surface area contributed by atoms with Crippen molar-refractivity contribution in [2.75, 3.05) is 0 Å². The highest BCUT2D eigenvalue weighted by Gasteiger charge is 2.43. The molecule has 4 heteroatoms. The van der Waals surface area contributed by atoms with Crippen molar-refractivity contribution in [1.29, 1.82) is 0 Å². The largest absolute Gasteiger partial charge is 0.487 e. The van der Waals surface area contributed by atoms with E-state index in [1.807, 2.05) is 20.8 Å². The fourth-order valence-electron chi connectivity index (χ4n) is 5.23. The highest BCUT2D eigenvalue weighted by molar-refractivity contribution is 5.62. The molecule has 0 spiro atoms. The maximum Gasteiger partial charge on any atom is 0.298 e. The number of carbonyl (C=O) groups is 1. The Labute approximate surface area is 195 Å². The molecule has 1 aromatic carbocycles. The normalized spacial score (nSPS) is 22.7. The van der Waals surface area contributed by atoms with Gasteiger partial charge >= 0.3 is 0 Å². The minimum atomic E-state index is -0.411. The van der Waals surface area contributed by atoms with Gasteiger partial charge in [-0.3, -0.25) is 4.79 Å². The Hall–Kier alpha value is -1.99. The molecule has 1 heterocycles. The quantitative estimate of drug-likeness (QED) is 0.374. The monoisotopic (exact) mass is 441 g/mol. The zero-order valence-electron chi connectivity index (χ0n) is 21.6. The molecule has 32 heavy (non-hydrogen) atoms. The van der Waals surface area contributed by atoms with E-state index in [2.05, 4.69) is 47.5 Å². The molecule has 178 valence electrons. The van der Waals surface area contributed by atoms with Crippen LogP contribution in [0.15, 0.2) is 0 Å². The summed E-state index contributed by atoms with van der Waals surface area (Å²) in [7, 11) is 0. The van der Waals surface area contributed by atoms with Gasteiger partial charge in [0.2, 0.25) is 0 Å². The molecule has 0 radical (unpaired) electrons. The number of nitrogens with two attached hydrogens (primary N) is 1. The van der Waals surface area contributed by atoms with E-state index in [0.717, 1.165) is 60.1 Å². The van der Waals surface area contributed by atoms with Crippen LogP contribution in [0.2, 0.25) is 0 Å². The van der Waals surface area contributed by atoms with E-state index in [1.54, 1.807) is 0 Å². The molecule has 0 aromatic heterocycles. The van der Waals surface area contributed by atoms with Crippen LogP contribution in [0.3, 0.4) is 0 Å². The van der Waals surface area contributed by atoms with Crippen molar-refractivity contribution in [2.24, 2.45) is 23.0 Å². The maximum atomic E-state index is 11.0. The van der Waals surface area contributed by atoms with Crippen molar-refractivity contribution < 1.29 is 14.3 Å². The average molecular weight is 442 g/mol. The first-order valence-electron chi connectivity index (χ1n) is 11.9. The summed E-state index contributed by atoms with van der Waals surface area (Å²) in [5.74, 6) is 4.93. The summed E-state index contributed by atoms with van der Waals surface area (Å²) in [6, 6.07) is 0. The van der Waals surface area contributed by atoms with Crippen molar-refractivity contribution >= 4 is 6.47 Å². The predicted octanol–water partition coefficient (Wildman–Crippen LogP) is 6.05. The van der Waals surface area contributed by atoms with Gasteiger partial charge in [-0.05, 0) is 88.3 Å². The Morgan fingerprint density at radius 2 is 1.88 bits per heavy atom. The number of carbonyl (C=O) groups excluding carboxylic acids is 1. The Balaban J connectivity index is 2.36. The van der Waals surface area contributed by atoms with Gasteiger partial charge in [-0.1, -0.05) is 34.1 Å². The Morgan fingerprint density at radius 1 is 1.25 bits per heavy atom. The first kappa shape index (κ1) is 26.3. The molecule has 0 aliphatic carbocycles. The van der Waals surface area contributed by atoms with Crippen LogP contribution in [0.1, 0.15) is 89.5 Å². The third kappa shape index (κ3) is 4.99. The fourth-order valence-corrected chi connectivity index (χ4v) is 5.23. The van der Waals surface area contributed by atoms with Crippen LogP contribution in [0.25, 0.3) is 0 Å². The van der Waals surface area contributed by atoms with Gasteiger partial charge in [0.05, 0.1) is 0 Å². The Morgan fingerprint density at radius 3 is 2.38 bits per heavy atom. The van der Waals surface area contributed by atoms with Gasteiger partial charge in [-0.2, -0.15) is 0 Å². The van der Waals surface area contributed by atoms with E-state index in [1.165, 1.54) is 0 Å². The second-order valence-corrected chi connectivity index (χ2v) is 11.1. The minimum absolute atomic E-state index is 0.00111. The summed E-state index contributed by atoms with van der Waals surface area (Å²) in [5, 5.41) is 0. The molecule has 4 atom stereocenters. The molecule has 2 rings (SSSR count). The van der Waals surface area contributed by atoms with Crippen LogP contribution >= 0.6 is 0 Å². The Bertz CT molecular complexity index is 895. The van der Waals surface area contributed by atoms with Crippen LogP contribution in [0.4, 0.5) is 0 Å². The van der Waals surface area contributed by atoms with Crippen molar-refractivity contribution in [3.05, 3.63) is 22.3 Å². The summed E-state index contributed by atoms with van der Waals surface area (Å²) in [6.45, 7) is 19.7. The summed E-state index contributed by atoms with van der Waals surface area (Å²) in [6.07, 6.45) is 10.6. The lowest BCUT2D eigenvalue weighted by molar-refractivity contribution is -0.120. The van der Waals surface area contributed by atoms with Crippen LogP contribution in [-0.4, -0.2) is 17.6 Å². The summed E-state index contributed by atoms with van der Waals surface area (Å²) < 4.78 is 12.1. The van der Waals surface area contributed by atoms with Gasteiger partial charge in [0.15, 0.2) is 0 Å². The lowest BCUT2D eigenvalue weighted by Crippen LogP contribution is -2.50. The average Bonchev–Trinajstić information content (AvgIpc) is 2.73. The summed E-state index contributed by atoms with van der Waals surface area (Å²) >= 11 is 0. The fraction of sp³-hybridized carbons (Fsp3) is 0.679. The first-order valence-corrected chi connectivity index (χ1v) is 11.9. The van der Waals surface area contributed by atoms with E-state index in [9.17, 15) is 4.79 Å². The van der Waals surface area contributed by atoms with Gasteiger partial charge in [0.25, 0.3) is 6.47 Å². The van der Waals surface area contributed by atoms with Gasteiger partial charge < -0.3 is 15.2 Å². The van der Waals surface area contributed by atoms with Crippen LogP contribution in [-0.2, 0) is 11.2 Å². The lowest BCUT2D eigenvalue weighted by atomic mass is 9.65. The van der Waals surface area contributed by atoms with Crippen molar-refractivity contribution in [3.8, 4) is 23.8 Å². The zero-order valence-corrected chi connectivity index (χ0v) is 21.6. The number of benzene rings is 1. The van der Waals surface area contributed by atoms with Crippen LogP contribution in [0.5, 0.6) is 11.5 Å². The molecular weight excluding hydrogens is 398 g/mol. The topological polar surface area (TPSA) is 61.5 Å². The maximum absolute atomic E-state index is 11.0. The van der Waals surface area contributed by atoms with E-state index in [0.29, 0.717) is 18.1 Å². The lowest BCUT2D eigenvalue weighted by Gasteiger charge is -2.46. The smallest absolute Gasteiger partial charge is 0.298 e. The molecule has 4 unspecified atom stereocenters. The molecule has 0 fully saturated rings.